The zero-order valence-electron chi connectivity index (χ0n) is 20.4. The smallest absolute Gasteiger partial charge is 0.338 e. The molecule has 0 fully saturated rings. The minimum Gasteiger partial charge on any atom is -0.463 e. The summed E-state index contributed by atoms with van der Waals surface area (Å²) in [5, 5.41) is 5.66. The van der Waals surface area contributed by atoms with Crippen molar-refractivity contribution in [2.75, 3.05) is 6.61 Å². The number of nitrogens with one attached hydrogen (secondary N) is 1. The number of aliphatic imine (C=N–C) groups is 1. The van der Waals surface area contributed by atoms with Crippen molar-refractivity contribution in [3.63, 3.8) is 0 Å². The second-order valence-corrected chi connectivity index (χ2v) is 9.59. The summed E-state index contributed by atoms with van der Waals surface area (Å²) >= 11 is 1.47. The Hall–Kier alpha value is -3.39. The Balaban J connectivity index is 1.62. The monoisotopic (exact) mass is 490 g/mol. The second kappa shape index (κ2) is 10.9. The highest BCUT2D eigenvalue weighted by Crippen LogP contribution is 2.45. The van der Waals surface area contributed by atoms with Crippen LogP contribution in [0.4, 0.5) is 0 Å². The van der Waals surface area contributed by atoms with Crippen molar-refractivity contribution in [2.24, 2.45) is 4.99 Å². The predicted molar refractivity (Wildman–Crippen MR) is 138 cm³/mol. The fourth-order valence-corrected chi connectivity index (χ4v) is 5.11. The van der Waals surface area contributed by atoms with Gasteiger partial charge in [-0.1, -0.05) is 55.9 Å². The molecule has 182 valence electrons. The Morgan fingerprint density at radius 2 is 1.97 bits per heavy atom. The molecule has 2 aliphatic heterocycles. The van der Waals surface area contributed by atoms with Crippen LogP contribution in [0, 0.1) is 0 Å². The van der Waals surface area contributed by atoms with E-state index in [2.05, 4.69) is 48.4 Å². The van der Waals surface area contributed by atoms with Crippen LogP contribution in [0.3, 0.4) is 0 Å². The van der Waals surface area contributed by atoms with E-state index in [0.29, 0.717) is 23.7 Å². The van der Waals surface area contributed by atoms with Gasteiger partial charge in [0.25, 0.3) is 0 Å². The van der Waals surface area contributed by atoms with Crippen molar-refractivity contribution in [1.82, 2.24) is 15.2 Å². The number of pyridine rings is 1. The van der Waals surface area contributed by atoms with E-state index in [1.807, 2.05) is 29.4 Å². The van der Waals surface area contributed by atoms with Crippen molar-refractivity contribution < 1.29 is 14.3 Å². The molecular weight excluding hydrogens is 460 g/mol. The van der Waals surface area contributed by atoms with Crippen LogP contribution in [0.5, 0.6) is 0 Å². The topological polar surface area (TPSA) is 83.9 Å². The maximum atomic E-state index is 13.1. The van der Waals surface area contributed by atoms with Crippen LogP contribution in [-0.2, 0) is 20.9 Å². The van der Waals surface area contributed by atoms with E-state index in [4.69, 9.17) is 9.73 Å². The number of ether oxygens (including phenoxy) is 1. The normalized spacial score (nSPS) is 17.2. The first kappa shape index (κ1) is 24.7. The minimum absolute atomic E-state index is 0.111. The highest BCUT2D eigenvalue weighted by Gasteiger charge is 2.41. The molecule has 2 aromatic rings. The molecule has 0 saturated heterocycles. The number of aromatic nitrogens is 1. The molecule has 0 saturated carbocycles. The van der Waals surface area contributed by atoms with Gasteiger partial charge in [0.05, 0.1) is 30.3 Å². The summed E-state index contributed by atoms with van der Waals surface area (Å²) < 4.78 is 5.41. The third-order valence-electron chi connectivity index (χ3n) is 5.97. The van der Waals surface area contributed by atoms with Crippen LogP contribution in [0.25, 0.3) is 0 Å². The van der Waals surface area contributed by atoms with Crippen molar-refractivity contribution in [3.8, 4) is 0 Å². The first-order chi connectivity index (χ1) is 16.9. The van der Waals surface area contributed by atoms with Crippen molar-refractivity contribution in [2.45, 2.75) is 52.6 Å². The summed E-state index contributed by atoms with van der Waals surface area (Å²) in [6, 6.07) is 11.6. The summed E-state index contributed by atoms with van der Waals surface area (Å²) in [6.45, 7) is 8.61. The molecule has 1 N–H and O–H groups in total. The summed E-state index contributed by atoms with van der Waals surface area (Å²) in [5.41, 5.74) is 5.03. The molecule has 1 atom stereocenters. The van der Waals surface area contributed by atoms with Gasteiger partial charge < -0.3 is 15.0 Å². The van der Waals surface area contributed by atoms with Gasteiger partial charge in [0.15, 0.2) is 5.17 Å². The fourth-order valence-electron chi connectivity index (χ4n) is 4.15. The summed E-state index contributed by atoms with van der Waals surface area (Å²) in [6.07, 6.45) is 3.60. The van der Waals surface area contributed by atoms with Crippen LogP contribution in [0.15, 0.2) is 76.2 Å². The van der Waals surface area contributed by atoms with E-state index in [-0.39, 0.29) is 24.9 Å². The van der Waals surface area contributed by atoms with Gasteiger partial charge in [0.2, 0.25) is 5.91 Å². The number of esters is 1. The Kier molecular flexibility index (Phi) is 7.70. The zero-order valence-corrected chi connectivity index (χ0v) is 21.3. The molecular formula is C27H30N4O3S. The van der Waals surface area contributed by atoms with Gasteiger partial charge >= 0.3 is 5.97 Å². The lowest BCUT2D eigenvalue weighted by Gasteiger charge is -2.36. The van der Waals surface area contributed by atoms with Gasteiger partial charge in [-0.3, -0.25) is 9.78 Å². The largest absolute Gasteiger partial charge is 0.463 e. The van der Waals surface area contributed by atoms with Gasteiger partial charge in [-0.2, -0.15) is 0 Å². The first-order valence-corrected chi connectivity index (χ1v) is 12.6. The molecule has 4 rings (SSSR count). The van der Waals surface area contributed by atoms with E-state index in [9.17, 15) is 9.59 Å². The van der Waals surface area contributed by atoms with Crippen LogP contribution in [0.2, 0.25) is 0 Å². The van der Waals surface area contributed by atoms with E-state index in [1.54, 1.807) is 19.3 Å². The van der Waals surface area contributed by atoms with E-state index in [1.165, 1.54) is 17.3 Å². The van der Waals surface area contributed by atoms with Gasteiger partial charge in [0, 0.05) is 24.6 Å². The van der Waals surface area contributed by atoms with Crippen molar-refractivity contribution >= 4 is 28.8 Å². The van der Waals surface area contributed by atoms with E-state index < -0.39 is 6.04 Å². The second-order valence-electron chi connectivity index (χ2n) is 8.75. The molecule has 0 spiro atoms. The standard InChI is InChI=1S/C27H30N4O3S/c1-5-34-26(33)24-18(4)30-27-31(25(24)21-10-8-20(9-11-21)17(2)3)22(16-35-27)13-23(32)29-15-19-7-6-12-28-14-19/h6-12,14,16-17,25H,5,13,15H2,1-4H3,(H,29,32). The number of thioether (sulfide) groups is 1. The van der Waals surface area contributed by atoms with Crippen LogP contribution in [-0.4, -0.2) is 33.5 Å². The first-order valence-electron chi connectivity index (χ1n) is 11.8. The van der Waals surface area contributed by atoms with Crippen LogP contribution >= 0.6 is 11.8 Å². The molecule has 1 aromatic carbocycles. The number of carbonyl (C=O) groups excluding carboxylic acids is 2. The average Bonchev–Trinajstić information content (AvgIpc) is 3.24. The van der Waals surface area contributed by atoms with Crippen LogP contribution in [0.1, 0.15) is 62.8 Å². The number of fused-ring (bicyclic) bond motifs is 1. The van der Waals surface area contributed by atoms with E-state index in [0.717, 1.165) is 22.0 Å². The number of hydrogen-bond donors (Lipinski definition) is 1. The lowest BCUT2D eigenvalue weighted by molar-refractivity contribution is -0.139. The summed E-state index contributed by atoms with van der Waals surface area (Å²) in [7, 11) is 0. The molecule has 0 aliphatic carbocycles. The number of allylic oxidation sites excluding steroid dienone is 1. The molecule has 0 bridgehead atoms. The Labute approximate surface area is 210 Å². The highest BCUT2D eigenvalue weighted by atomic mass is 32.2. The predicted octanol–water partition coefficient (Wildman–Crippen LogP) is 5.05. The molecule has 2 aliphatic rings. The number of rotatable bonds is 8. The highest BCUT2D eigenvalue weighted by molar-refractivity contribution is 8.16. The van der Waals surface area contributed by atoms with Gasteiger partial charge in [0.1, 0.15) is 0 Å². The average molecular weight is 491 g/mol. The molecule has 1 aromatic heterocycles. The maximum absolute atomic E-state index is 13.1. The number of carbonyl (C=O) groups is 2. The number of nitrogens with zero attached hydrogens (tertiary/aromatic N) is 3. The Morgan fingerprint density at radius 3 is 2.63 bits per heavy atom. The third-order valence-corrected chi connectivity index (χ3v) is 6.86. The van der Waals surface area contributed by atoms with Crippen molar-refractivity contribution in [1.29, 1.82) is 0 Å². The summed E-state index contributed by atoms with van der Waals surface area (Å²) in [4.78, 5) is 36.7. The minimum atomic E-state index is -0.421. The van der Waals surface area contributed by atoms with Crippen LogP contribution < -0.4 is 5.32 Å². The number of amides is 1. The van der Waals surface area contributed by atoms with Crippen molar-refractivity contribution in [3.05, 3.63) is 87.9 Å². The molecule has 0 radical (unpaired) electrons. The maximum Gasteiger partial charge on any atom is 0.338 e. The Bertz CT molecular complexity index is 1190. The zero-order chi connectivity index (χ0) is 24.9. The molecule has 7 nitrogen and oxygen atoms in total. The SMILES string of the molecule is CCOC(=O)C1=C(C)N=C2SC=C(CC(=O)NCc3cccnc3)N2C1c1ccc(C(C)C)cc1. The number of amidine groups is 1. The molecule has 3 heterocycles. The third kappa shape index (κ3) is 5.48. The lowest BCUT2D eigenvalue weighted by atomic mass is 9.92. The number of benzene rings is 1. The number of hydrogen-bond acceptors (Lipinski definition) is 7. The Morgan fingerprint density at radius 1 is 1.20 bits per heavy atom. The molecule has 35 heavy (non-hydrogen) atoms. The van der Waals surface area contributed by atoms with Gasteiger partial charge in [-0.15, -0.1) is 0 Å². The molecule has 8 heteroatoms. The fraction of sp³-hybridized carbons (Fsp3) is 0.333. The van der Waals surface area contributed by atoms with E-state index >= 15 is 0 Å². The molecule has 1 amide bonds. The summed E-state index contributed by atoms with van der Waals surface area (Å²) in [5.74, 6) is -0.0986. The van der Waals surface area contributed by atoms with Gasteiger partial charge in [-0.25, -0.2) is 9.79 Å². The van der Waals surface area contributed by atoms with Gasteiger partial charge in [-0.05, 0) is 47.9 Å². The molecule has 1 unspecified atom stereocenters. The quantitative estimate of drug-likeness (QED) is 0.522. The lowest BCUT2D eigenvalue weighted by Crippen LogP contribution is -2.38.